The largest absolute Gasteiger partial charge is 0.375 e. The topological polar surface area (TPSA) is 3.24 Å². The zero-order valence-corrected chi connectivity index (χ0v) is 10.4. The number of alkyl halides is 1. The van der Waals surface area contributed by atoms with Crippen molar-refractivity contribution >= 4 is 17.3 Å². The molecule has 0 radical (unpaired) electrons. The van der Waals surface area contributed by atoms with E-state index in [1.165, 1.54) is 24.1 Å². The third-order valence-corrected chi connectivity index (χ3v) is 2.81. The van der Waals surface area contributed by atoms with Crippen LogP contribution < -0.4 is 4.90 Å². The van der Waals surface area contributed by atoms with Gasteiger partial charge in [0, 0.05) is 25.2 Å². The lowest BCUT2D eigenvalue weighted by molar-refractivity contribution is 0.855. The molecular weight excluding hydrogens is 206 g/mol. The number of hydrogen-bond donors (Lipinski definition) is 0. The van der Waals surface area contributed by atoms with Crippen molar-refractivity contribution in [3.63, 3.8) is 0 Å². The van der Waals surface area contributed by atoms with Crippen LogP contribution in [-0.4, -0.2) is 19.5 Å². The second kappa shape index (κ2) is 6.73. The van der Waals surface area contributed by atoms with Crippen molar-refractivity contribution in [3.8, 4) is 0 Å². The molecule has 2 heteroatoms. The summed E-state index contributed by atoms with van der Waals surface area (Å²) in [6.07, 6.45) is 3.42. The molecule has 1 rings (SSSR count). The van der Waals surface area contributed by atoms with Crippen LogP contribution in [0, 0.1) is 0 Å². The second-order valence-corrected chi connectivity index (χ2v) is 4.26. The van der Waals surface area contributed by atoms with E-state index in [1.807, 2.05) is 0 Å². The van der Waals surface area contributed by atoms with Crippen LogP contribution in [0.3, 0.4) is 0 Å². The molecule has 0 amide bonds. The van der Waals surface area contributed by atoms with Gasteiger partial charge >= 0.3 is 0 Å². The van der Waals surface area contributed by atoms with Gasteiger partial charge in [0.25, 0.3) is 0 Å². The van der Waals surface area contributed by atoms with Crippen molar-refractivity contribution < 1.29 is 0 Å². The first-order valence-electron chi connectivity index (χ1n) is 5.64. The summed E-state index contributed by atoms with van der Waals surface area (Å²) in [4.78, 5) is 2.25. The van der Waals surface area contributed by atoms with Crippen LogP contribution in [0.1, 0.15) is 25.3 Å². The molecule has 0 heterocycles. The second-order valence-electron chi connectivity index (χ2n) is 3.88. The van der Waals surface area contributed by atoms with Gasteiger partial charge in [-0.15, -0.1) is 11.6 Å². The number of nitrogens with zero attached hydrogens (tertiary/aromatic N) is 1. The molecule has 0 aliphatic heterocycles. The Balaban J connectivity index is 2.54. The van der Waals surface area contributed by atoms with Crippen LogP contribution in [0.5, 0.6) is 0 Å². The summed E-state index contributed by atoms with van der Waals surface area (Å²) in [6, 6.07) is 8.82. The summed E-state index contributed by atoms with van der Waals surface area (Å²) < 4.78 is 0. The molecule has 0 atom stereocenters. The predicted octanol–water partition coefficient (Wildman–Crippen LogP) is 3.70. The summed E-state index contributed by atoms with van der Waals surface area (Å²) in [5, 5.41) is 0. The van der Waals surface area contributed by atoms with Crippen LogP contribution in [0.4, 0.5) is 5.69 Å². The predicted molar refractivity (Wildman–Crippen MR) is 69.0 cm³/mol. The molecule has 0 unspecified atom stereocenters. The molecule has 0 saturated carbocycles. The number of aryl methyl sites for hydroxylation is 1. The van der Waals surface area contributed by atoms with Gasteiger partial charge in [0.1, 0.15) is 0 Å². The molecule has 0 aromatic heterocycles. The maximum atomic E-state index is 5.67. The lowest BCUT2D eigenvalue weighted by Gasteiger charge is -2.18. The third-order valence-electron chi connectivity index (χ3n) is 2.54. The number of rotatable bonds is 6. The molecule has 0 N–H and O–H groups in total. The molecule has 15 heavy (non-hydrogen) atoms. The number of benzene rings is 1. The number of halogens is 1. The average molecular weight is 226 g/mol. The van der Waals surface area contributed by atoms with E-state index in [1.54, 1.807) is 0 Å². The summed E-state index contributed by atoms with van der Waals surface area (Å²) in [5.74, 6) is 0.734. The molecule has 1 aromatic carbocycles. The van der Waals surface area contributed by atoms with Crippen molar-refractivity contribution in [3.05, 3.63) is 29.8 Å². The Labute approximate surface area is 98.0 Å². The summed E-state index contributed by atoms with van der Waals surface area (Å²) >= 11 is 5.67. The van der Waals surface area contributed by atoms with E-state index < -0.39 is 0 Å². The highest BCUT2D eigenvalue weighted by Gasteiger charge is 1.99. The van der Waals surface area contributed by atoms with Gasteiger partial charge in [0.05, 0.1) is 0 Å². The van der Waals surface area contributed by atoms with Gasteiger partial charge < -0.3 is 4.90 Å². The molecule has 0 aliphatic rings. The van der Waals surface area contributed by atoms with E-state index in [0.29, 0.717) is 0 Å². The van der Waals surface area contributed by atoms with Gasteiger partial charge in [0.2, 0.25) is 0 Å². The summed E-state index contributed by atoms with van der Waals surface area (Å²) in [7, 11) is 2.11. The molecule has 0 bridgehead atoms. The van der Waals surface area contributed by atoms with Gasteiger partial charge in [-0.05, 0) is 30.5 Å². The highest BCUT2D eigenvalue weighted by atomic mass is 35.5. The fraction of sp³-hybridized carbons (Fsp3) is 0.538. The first kappa shape index (κ1) is 12.4. The molecule has 0 aliphatic carbocycles. The zero-order chi connectivity index (χ0) is 11.1. The smallest absolute Gasteiger partial charge is 0.0363 e. The van der Waals surface area contributed by atoms with Crippen molar-refractivity contribution in [1.82, 2.24) is 0 Å². The zero-order valence-electron chi connectivity index (χ0n) is 9.67. The minimum atomic E-state index is 0.734. The van der Waals surface area contributed by atoms with Crippen molar-refractivity contribution in [2.45, 2.75) is 26.2 Å². The van der Waals surface area contributed by atoms with Crippen LogP contribution in [0.2, 0.25) is 0 Å². The van der Waals surface area contributed by atoms with Crippen molar-refractivity contribution in [2.75, 3.05) is 24.4 Å². The number of hydrogen-bond acceptors (Lipinski definition) is 1. The maximum Gasteiger partial charge on any atom is 0.0363 e. The van der Waals surface area contributed by atoms with Crippen molar-refractivity contribution in [1.29, 1.82) is 0 Å². The van der Waals surface area contributed by atoms with E-state index >= 15 is 0 Å². The van der Waals surface area contributed by atoms with Crippen LogP contribution in [0.15, 0.2) is 24.3 Å². The monoisotopic (exact) mass is 225 g/mol. The lowest BCUT2D eigenvalue weighted by atomic mass is 10.1. The normalized spacial score (nSPS) is 10.3. The van der Waals surface area contributed by atoms with Crippen molar-refractivity contribution in [2.24, 2.45) is 0 Å². The molecule has 1 aromatic rings. The van der Waals surface area contributed by atoms with E-state index in [2.05, 4.69) is 43.1 Å². The van der Waals surface area contributed by atoms with Gasteiger partial charge in [-0.1, -0.05) is 25.5 Å². The highest BCUT2D eigenvalue weighted by Crippen LogP contribution is 2.15. The van der Waals surface area contributed by atoms with Crippen LogP contribution in [-0.2, 0) is 6.42 Å². The summed E-state index contributed by atoms with van der Waals surface area (Å²) in [5.41, 5.74) is 2.70. The lowest BCUT2D eigenvalue weighted by Crippen LogP contribution is -2.18. The fourth-order valence-corrected chi connectivity index (χ4v) is 1.75. The summed E-state index contributed by atoms with van der Waals surface area (Å²) in [6.45, 7) is 3.23. The highest BCUT2D eigenvalue weighted by molar-refractivity contribution is 6.17. The van der Waals surface area contributed by atoms with E-state index in [-0.39, 0.29) is 0 Å². The maximum absolute atomic E-state index is 5.67. The minimum Gasteiger partial charge on any atom is -0.375 e. The molecule has 0 saturated heterocycles. The minimum absolute atomic E-state index is 0.734. The molecule has 84 valence electrons. The molecule has 1 nitrogen and oxygen atoms in total. The third kappa shape index (κ3) is 4.13. The van der Waals surface area contributed by atoms with E-state index in [9.17, 15) is 0 Å². The Morgan fingerprint density at radius 2 is 1.87 bits per heavy atom. The van der Waals surface area contributed by atoms with Crippen LogP contribution in [0.25, 0.3) is 0 Å². The van der Waals surface area contributed by atoms with E-state index in [0.717, 1.165) is 18.8 Å². The van der Waals surface area contributed by atoms with Gasteiger partial charge in [-0.3, -0.25) is 0 Å². The van der Waals surface area contributed by atoms with Gasteiger partial charge in [0.15, 0.2) is 0 Å². The van der Waals surface area contributed by atoms with Gasteiger partial charge in [-0.2, -0.15) is 0 Å². The standard InChI is InChI=1S/C13H20ClN/c1-3-5-12-6-8-13(9-7-12)15(2)11-4-10-14/h6-9H,3-5,10-11H2,1-2H3. The van der Waals surface area contributed by atoms with Gasteiger partial charge in [-0.25, -0.2) is 0 Å². The first-order chi connectivity index (χ1) is 7.27. The Morgan fingerprint density at radius 3 is 2.40 bits per heavy atom. The Morgan fingerprint density at radius 1 is 1.20 bits per heavy atom. The Kier molecular flexibility index (Phi) is 5.56. The average Bonchev–Trinajstić information content (AvgIpc) is 2.27. The molecule has 0 fully saturated rings. The van der Waals surface area contributed by atoms with E-state index in [4.69, 9.17) is 11.6 Å². The Hall–Kier alpha value is -0.690. The number of anilines is 1. The first-order valence-corrected chi connectivity index (χ1v) is 6.17. The fourth-order valence-electron chi connectivity index (χ4n) is 1.63. The molecule has 0 spiro atoms. The Bertz CT molecular complexity index is 268. The SMILES string of the molecule is CCCc1ccc(N(C)CCCCl)cc1. The quantitative estimate of drug-likeness (QED) is 0.668. The van der Waals surface area contributed by atoms with Crippen LogP contribution >= 0.6 is 11.6 Å². The molecular formula is C13H20ClN.